The van der Waals surface area contributed by atoms with E-state index in [0.29, 0.717) is 29.2 Å². The van der Waals surface area contributed by atoms with E-state index in [4.69, 9.17) is 9.47 Å². The second kappa shape index (κ2) is 11.0. The van der Waals surface area contributed by atoms with Crippen LogP contribution in [0.1, 0.15) is 25.7 Å². The molecule has 1 saturated carbocycles. The SMILES string of the molecule is C=CCn1c(SCC(=O)Nc2cccc(OC)c2)nnc1-c1ccc(OC2CCCC2)cc1. The molecule has 1 heterocycles. The van der Waals surface area contributed by atoms with Crippen LogP contribution >= 0.6 is 11.8 Å². The third-order valence-electron chi connectivity index (χ3n) is 5.43. The number of allylic oxidation sites excluding steroid dienone is 1. The normalized spacial score (nSPS) is 13.6. The minimum Gasteiger partial charge on any atom is -0.497 e. The highest BCUT2D eigenvalue weighted by Crippen LogP contribution is 2.28. The first-order valence-electron chi connectivity index (χ1n) is 11.0. The number of ether oxygens (including phenoxy) is 2. The Labute approximate surface area is 198 Å². The fourth-order valence-electron chi connectivity index (χ4n) is 3.81. The Morgan fingerprint density at radius 2 is 1.97 bits per heavy atom. The van der Waals surface area contributed by atoms with Crippen LogP contribution in [0.3, 0.4) is 0 Å². The van der Waals surface area contributed by atoms with E-state index >= 15 is 0 Å². The highest BCUT2D eigenvalue weighted by Gasteiger charge is 2.18. The summed E-state index contributed by atoms with van der Waals surface area (Å²) in [6.07, 6.45) is 6.86. The number of rotatable bonds is 10. The smallest absolute Gasteiger partial charge is 0.234 e. The average Bonchev–Trinajstić information content (AvgIpc) is 3.49. The van der Waals surface area contributed by atoms with Crippen molar-refractivity contribution >= 4 is 23.4 Å². The van der Waals surface area contributed by atoms with Crippen molar-refractivity contribution in [2.75, 3.05) is 18.2 Å². The van der Waals surface area contributed by atoms with Crippen LogP contribution < -0.4 is 14.8 Å². The van der Waals surface area contributed by atoms with E-state index in [1.807, 2.05) is 47.0 Å². The number of hydrogen-bond donors (Lipinski definition) is 1. The molecule has 172 valence electrons. The van der Waals surface area contributed by atoms with Crippen LogP contribution in [0.25, 0.3) is 11.4 Å². The highest BCUT2D eigenvalue weighted by molar-refractivity contribution is 7.99. The maximum absolute atomic E-state index is 12.4. The van der Waals surface area contributed by atoms with Crippen molar-refractivity contribution in [1.82, 2.24) is 14.8 Å². The zero-order valence-corrected chi connectivity index (χ0v) is 19.5. The Morgan fingerprint density at radius 3 is 2.70 bits per heavy atom. The molecule has 0 unspecified atom stereocenters. The molecular formula is C25H28N4O3S. The lowest BCUT2D eigenvalue weighted by atomic mass is 10.2. The van der Waals surface area contributed by atoms with E-state index in [2.05, 4.69) is 22.1 Å². The molecule has 0 bridgehead atoms. The van der Waals surface area contributed by atoms with Gasteiger partial charge in [0.1, 0.15) is 11.5 Å². The second-order valence-corrected chi connectivity index (χ2v) is 8.77. The number of aromatic nitrogens is 3. The Morgan fingerprint density at radius 1 is 1.18 bits per heavy atom. The summed E-state index contributed by atoms with van der Waals surface area (Å²) < 4.78 is 13.2. The third kappa shape index (κ3) is 5.96. The van der Waals surface area contributed by atoms with Crippen molar-refractivity contribution in [1.29, 1.82) is 0 Å². The Bertz CT molecular complexity index is 1090. The zero-order valence-electron chi connectivity index (χ0n) is 18.7. The molecule has 1 aromatic heterocycles. The molecule has 3 aromatic rings. The molecular weight excluding hydrogens is 436 g/mol. The molecule has 4 rings (SSSR count). The van der Waals surface area contributed by atoms with E-state index in [-0.39, 0.29) is 11.7 Å². The number of nitrogens with one attached hydrogen (secondary N) is 1. The van der Waals surface area contributed by atoms with E-state index in [1.165, 1.54) is 24.6 Å². The minimum absolute atomic E-state index is 0.128. The van der Waals surface area contributed by atoms with Gasteiger partial charge in [-0.1, -0.05) is 23.9 Å². The predicted octanol–water partition coefficient (Wildman–Crippen LogP) is 5.19. The number of benzene rings is 2. The molecule has 8 heteroatoms. The van der Waals surface area contributed by atoms with Crippen molar-refractivity contribution in [2.45, 2.75) is 43.5 Å². The summed E-state index contributed by atoms with van der Waals surface area (Å²) in [5.74, 6) is 2.38. The molecule has 0 atom stereocenters. The van der Waals surface area contributed by atoms with Crippen LogP contribution in [0.15, 0.2) is 66.3 Å². The van der Waals surface area contributed by atoms with Crippen LogP contribution in [0.5, 0.6) is 11.5 Å². The number of carbonyl (C=O) groups excluding carboxylic acids is 1. The molecule has 1 amide bonds. The summed E-state index contributed by atoms with van der Waals surface area (Å²) in [4.78, 5) is 12.4. The number of nitrogens with zero attached hydrogens (tertiary/aromatic N) is 3. The molecule has 1 N–H and O–H groups in total. The van der Waals surface area contributed by atoms with Gasteiger partial charge in [0.2, 0.25) is 5.91 Å². The number of hydrogen-bond acceptors (Lipinski definition) is 6. The second-order valence-electron chi connectivity index (χ2n) is 7.82. The summed E-state index contributed by atoms with van der Waals surface area (Å²) in [6.45, 7) is 4.40. The fourth-order valence-corrected chi connectivity index (χ4v) is 4.56. The standard InChI is InChI=1S/C25H28N4O3S/c1-3-15-29-24(18-11-13-21(14-12-18)32-20-8-4-5-9-20)27-28-25(29)33-17-23(30)26-19-7-6-10-22(16-19)31-2/h3,6-7,10-14,16,20H,1,4-5,8-9,15,17H2,2H3,(H,26,30). The first-order valence-corrected chi connectivity index (χ1v) is 12.0. The molecule has 0 aliphatic heterocycles. The van der Waals surface area contributed by atoms with Gasteiger partial charge >= 0.3 is 0 Å². The number of thioether (sulfide) groups is 1. The van der Waals surface area contributed by atoms with Gasteiger partial charge in [-0.2, -0.15) is 0 Å². The summed E-state index contributed by atoms with van der Waals surface area (Å²) in [6, 6.07) is 15.2. The summed E-state index contributed by atoms with van der Waals surface area (Å²) in [7, 11) is 1.59. The van der Waals surface area contributed by atoms with Crippen LogP contribution in [-0.4, -0.2) is 39.6 Å². The van der Waals surface area contributed by atoms with Crippen molar-refractivity contribution < 1.29 is 14.3 Å². The molecule has 0 spiro atoms. The lowest BCUT2D eigenvalue weighted by Crippen LogP contribution is -2.14. The van der Waals surface area contributed by atoms with Gasteiger partial charge in [-0.3, -0.25) is 9.36 Å². The van der Waals surface area contributed by atoms with Crippen molar-refractivity contribution in [2.24, 2.45) is 0 Å². The lowest BCUT2D eigenvalue weighted by molar-refractivity contribution is -0.113. The topological polar surface area (TPSA) is 78.3 Å². The Balaban J connectivity index is 1.41. The van der Waals surface area contributed by atoms with E-state index in [0.717, 1.165) is 30.0 Å². The van der Waals surface area contributed by atoms with Crippen LogP contribution in [0.2, 0.25) is 0 Å². The van der Waals surface area contributed by atoms with Crippen LogP contribution in [-0.2, 0) is 11.3 Å². The Hall–Kier alpha value is -3.26. The summed E-state index contributed by atoms with van der Waals surface area (Å²) in [5.41, 5.74) is 1.63. The van der Waals surface area contributed by atoms with E-state index in [1.54, 1.807) is 19.3 Å². The number of methoxy groups -OCH3 is 1. The van der Waals surface area contributed by atoms with Gasteiger partial charge in [-0.15, -0.1) is 16.8 Å². The lowest BCUT2D eigenvalue weighted by Gasteiger charge is -2.13. The van der Waals surface area contributed by atoms with Gasteiger partial charge < -0.3 is 14.8 Å². The molecule has 0 saturated heterocycles. The molecule has 0 radical (unpaired) electrons. The first-order chi connectivity index (χ1) is 16.2. The predicted molar refractivity (Wildman–Crippen MR) is 131 cm³/mol. The molecule has 2 aromatic carbocycles. The number of anilines is 1. The fraction of sp³-hybridized carbons (Fsp3) is 0.320. The summed E-state index contributed by atoms with van der Waals surface area (Å²) >= 11 is 1.34. The van der Waals surface area contributed by atoms with Gasteiger partial charge in [-0.25, -0.2) is 0 Å². The largest absolute Gasteiger partial charge is 0.497 e. The molecule has 33 heavy (non-hydrogen) atoms. The third-order valence-corrected chi connectivity index (χ3v) is 6.40. The Kier molecular flexibility index (Phi) is 7.67. The van der Waals surface area contributed by atoms with E-state index < -0.39 is 0 Å². The highest BCUT2D eigenvalue weighted by atomic mass is 32.2. The van der Waals surface area contributed by atoms with Gasteiger partial charge in [0, 0.05) is 23.9 Å². The van der Waals surface area contributed by atoms with Gasteiger partial charge in [0.25, 0.3) is 0 Å². The maximum atomic E-state index is 12.4. The van der Waals surface area contributed by atoms with Crippen LogP contribution in [0.4, 0.5) is 5.69 Å². The van der Waals surface area contributed by atoms with Crippen LogP contribution in [0, 0.1) is 0 Å². The summed E-state index contributed by atoms with van der Waals surface area (Å²) in [5, 5.41) is 12.2. The quantitative estimate of drug-likeness (QED) is 0.329. The number of carbonyl (C=O) groups is 1. The first kappa shape index (κ1) is 22.9. The van der Waals surface area contributed by atoms with Crippen molar-refractivity contribution in [3.8, 4) is 22.9 Å². The molecule has 1 aliphatic carbocycles. The number of amides is 1. The van der Waals surface area contributed by atoms with Crippen molar-refractivity contribution in [3.05, 3.63) is 61.2 Å². The maximum Gasteiger partial charge on any atom is 0.234 e. The van der Waals surface area contributed by atoms with Gasteiger partial charge in [-0.05, 0) is 62.1 Å². The van der Waals surface area contributed by atoms with Gasteiger partial charge in [0.05, 0.1) is 19.0 Å². The molecule has 1 aliphatic rings. The van der Waals surface area contributed by atoms with E-state index in [9.17, 15) is 4.79 Å². The van der Waals surface area contributed by atoms with Crippen molar-refractivity contribution in [3.63, 3.8) is 0 Å². The monoisotopic (exact) mass is 464 g/mol. The molecule has 7 nitrogen and oxygen atoms in total. The zero-order chi connectivity index (χ0) is 23.0. The van der Waals surface area contributed by atoms with Gasteiger partial charge in [0.15, 0.2) is 11.0 Å². The average molecular weight is 465 g/mol. The molecule has 1 fully saturated rings. The minimum atomic E-state index is -0.128.